The molecule has 4 aliphatic carbocycles. The number of amidine groups is 1. The second-order valence-corrected chi connectivity index (χ2v) is 5.96. The standard InChI is InChI=1S/C13H23N3/c1-2-15-13(16-14)12-10-4-8-3-9(6-10)7-11(12)5-8/h8-12H,2-7,14H2,1H3,(H,15,16). The van der Waals surface area contributed by atoms with Crippen LogP contribution in [0.4, 0.5) is 0 Å². The quantitative estimate of drug-likeness (QED) is 0.324. The van der Waals surface area contributed by atoms with E-state index in [2.05, 4.69) is 17.3 Å². The van der Waals surface area contributed by atoms with E-state index in [0.717, 1.165) is 36.1 Å². The molecule has 4 saturated carbocycles. The van der Waals surface area contributed by atoms with Crippen LogP contribution in [0.2, 0.25) is 0 Å². The summed E-state index contributed by atoms with van der Waals surface area (Å²) in [7, 11) is 0. The van der Waals surface area contributed by atoms with Crippen molar-refractivity contribution in [3.05, 3.63) is 0 Å². The SMILES string of the molecule is CCN=C(NN)C1C2CC3CC(C2)CC1C3. The third-order valence-corrected chi connectivity index (χ3v) is 5.02. The summed E-state index contributed by atoms with van der Waals surface area (Å²) in [4.78, 5) is 4.57. The van der Waals surface area contributed by atoms with Crippen molar-refractivity contribution in [3.63, 3.8) is 0 Å². The predicted molar refractivity (Wildman–Crippen MR) is 65.8 cm³/mol. The number of nitrogens with one attached hydrogen (secondary N) is 1. The Morgan fingerprint density at radius 3 is 2.12 bits per heavy atom. The lowest BCUT2D eigenvalue weighted by Crippen LogP contribution is -2.52. The van der Waals surface area contributed by atoms with Gasteiger partial charge in [-0.3, -0.25) is 4.99 Å². The molecule has 0 radical (unpaired) electrons. The van der Waals surface area contributed by atoms with Crippen LogP contribution >= 0.6 is 0 Å². The minimum atomic E-state index is 0.651. The van der Waals surface area contributed by atoms with E-state index in [1.165, 1.54) is 32.1 Å². The molecule has 4 aliphatic rings. The molecular formula is C13H23N3. The smallest absolute Gasteiger partial charge is 0.114 e. The molecule has 0 spiro atoms. The maximum absolute atomic E-state index is 5.66. The van der Waals surface area contributed by atoms with Crippen LogP contribution in [-0.2, 0) is 0 Å². The summed E-state index contributed by atoms with van der Waals surface area (Å²) in [6, 6.07) is 0. The van der Waals surface area contributed by atoms with Crippen LogP contribution in [0.3, 0.4) is 0 Å². The number of nitrogens with zero attached hydrogens (tertiary/aromatic N) is 1. The molecule has 3 N–H and O–H groups in total. The molecule has 16 heavy (non-hydrogen) atoms. The van der Waals surface area contributed by atoms with Gasteiger partial charge < -0.3 is 5.43 Å². The summed E-state index contributed by atoms with van der Waals surface area (Å²) < 4.78 is 0. The molecule has 4 bridgehead atoms. The van der Waals surface area contributed by atoms with E-state index in [9.17, 15) is 0 Å². The number of hydrogen-bond donors (Lipinski definition) is 2. The zero-order chi connectivity index (χ0) is 11.1. The summed E-state index contributed by atoms with van der Waals surface area (Å²) in [5, 5.41) is 0. The fourth-order valence-electron chi connectivity index (χ4n) is 4.79. The van der Waals surface area contributed by atoms with Crippen molar-refractivity contribution in [2.24, 2.45) is 40.4 Å². The normalized spacial score (nSPS) is 46.1. The van der Waals surface area contributed by atoms with E-state index < -0.39 is 0 Å². The molecule has 0 aromatic heterocycles. The number of rotatable bonds is 2. The van der Waals surface area contributed by atoms with E-state index in [1.54, 1.807) is 0 Å². The third kappa shape index (κ3) is 1.56. The Morgan fingerprint density at radius 1 is 1.12 bits per heavy atom. The fourth-order valence-corrected chi connectivity index (χ4v) is 4.79. The van der Waals surface area contributed by atoms with Crippen LogP contribution in [0.15, 0.2) is 4.99 Å². The van der Waals surface area contributed by atoms with Gasteiger partial charge in [0.25, 0.3) is 0 Å². The van der Waals surface area contributed by atoms with Crippen LogP contribution in [0.1, 0.15) is 39.0 Å². The van der Waals surface area contributed by atoms with Gasteiger partial charge in [0.1, 0.15) is 5.84 Å². The van der Waals surface area contributed by atoms with Gasteiger partial charge in [-0.1, -0.05) is 0 Å². The van der Waals surface area contributed by atoms with Crippen LogP contribution in [0.25, 0.3) is 0 Å². The van der Waals surface area contributed by atoms with Crippen molar-refractivity contribution in [3.8, 4) is 0 Å². The van der Waals surface area contributed by atoms with Crippen molar-refractivity contribution in [2.75, 3.05) is 6.54 Å². The number of aliphatic imine (C=N–C) groups is 1. The third-order valence-electron chi connectivity index (χ3n) is 5.02. The first-order valence-corrected chi connectivity index (χ1v) is 6.82. The Bertz CT molecular complexity index is 270. The van der Waals surface area contributed by atoms with E-state index in [4.69, 9.17) is 5.84 Å². The van der Waals surface area contributed by atoms with E-state index in [-0.39, 0.29) is 0 Å². The Kier molecular flexibility index (Phi) is 2.66. The summed E-state index contributed by atoms with van der Waals surface area (Å²) in [6.07, 6.45) is 7.24. The van der Waals surface area contributed by atoms with Gasteiger partial charge in [0.15, 0.2) is 0 Å². The highest BCUT2D eigenvalue weighted by molar-refractivity contribution is 5.85. The van der Waals surface area contributed by atoms with E-state index in [1.807, 2.05) is 0 Å². The summed E-state index contributed by atoms with van der Waals surface area (Å²) in [6.45, 7) is 2.94. The molecule has 4 rings (SSSR count). The zero-order valence-electron chi connectivity index (χ0n) is 10.2. The van der Waals surface area contributed by atoms with E-state index in [0.29, 0.717) is 5.92 Å². The van der Waals surface area contributed by atoms with Crippen molar-refractivity contribution >= 4 is 5.84 Å². The second-order valence-electron chi connectivity index (χ2n) is 5.96. The highest BCUT2D eigenvalue weighted by Gasteiger charge is 2.49. The average molecular weight is 221 g/mol. The lowest BCUT2D eigenvalue weighted by atomic mass is 9.51. The first-order chi connectivity index (χ1) is 7.81. The van der Waals surface area contributed by atoms with Gasteiger partial charge in [-0.15, -0.1) is 0 Å². The number of hydrogen-bond acceptors (Lipinski definition) is 2. The van der Waals surface area contributed by atoms with Crippen LogP contribution < -0.4 is 11.3 Å². The van der Waals surface area contributed by atoms with Gasteiger partial charge in [-0.2, -0.15) is 0 Å². The molecule has 0 aromatic rings. The fraction of sp³-hybridized carbons (Fsp3) is 0.923. The summed E-state index contributed by atoms with van der Waals surface area (Å²) in [5.41, 5.74) is 2.88. The topological polar surface area (TPSA) is 50.4 Å². The molecule has 0 aliphatic heterocycles. The molecular weight excluding hydrogens is 198 g/mol. The predicted octanol–water partition coefficient (Wildman–Crippen LogP) is 1.94. The lowest BCUT2D eigenvalue weighted by Gasteiger charge is -2.54. The van der Waals surface area contributed by atoms with Gasteiger partial charge in [0, 0.05) is 12.5 Å². The molecule has 0 amide bonds. The minimum absolute atomic E-state index is 0.651. The Morgan fingerprint density at radius 2 is 1.69 bits per heavy atom. The summed E-state index contributed by atoms with van der Waals surface area (Å²) >= 11 is 0. The van der Waals surface area contributed by atoms with Crippen molar-refractivity contribution in [2.45, 2.75) is 39.0 Å². The zero-order valence-corrected chi connectivity index (χ0v) is 10.2. The molecule has 90 valence electrons. The molecule has 0 aromatic carbocycles. The average Bonchev–Trinajstić information content (AvgIpc) is 2.26. The highest BCUT2D eigenvalue weighted by atomic mass is 15.3. The largest absolute Gasteiger partial charge is 0.312 e. The molecule has 0 atom stereocenters. The van der Waals surface area contributed by atoms with Gasteiger partial charge in [0.05, 0.1) is 0 Å². The molecule has 0 unspecified atom stereocenters. The first-order valence-electron chi connectivity index (χ1n) is 6.82. The van der Waals surface area contributed by atoms with Crippen molar-refractivity contribution < 1.29 is 0 Å². The minimum Gasteiger partial charge on any atom is -0.312 e. The van der Waals surface area contributed by atoms with Gasteiger partial charge in [-0.25, -0.2) is 5.84 Å². The molecule has 3 nitrogen and oxygen atoms in total. The van der Waals surface area contributed by atoms with Gasteiger partial charge in [0.2, 0.25) is 0 Å². The Balaban J connectivity index is 1.83. The monoisotopic (exact) mass is 221 g/mol. The van der Waals surface area contributed by atoms with Crippen LogP contribution in [-0.4, -0.2) is 12.4 Å². The van der Waals surface area contributed by atoms with Crippen LogP contribution in [0, 0.1) is 29.6 Å². The summed E-state index contributed by atoms with van der Waals surface area (Å²) in [5.74, 6) is 11.2. The lowest BCUT2D eigenvalue weighted by molar-refractivity contribution is -0.00952. The highest BCUT2D eigenvalue weighted by Crippen LogP contribution is 2.56. The first kappa shape index (κ1) is 10.6. The molecule has 3 heteroatoms. The Hall–Kier alpha value is -0.570. The second kappa shape index (κ2) is 4.02. The molecule has 0 saturated heterocycles. The number of hydrazine groups is 1. The molecule has 4 fully saturated rings. The maximum atomic E-state index is 5.66. The van der Waals surface area contributed by atoms with Gasteiger partial charge >= 0.3 is 0 Å². The van der Waals surface area contributed by atoms with Crippen LogP contribution in [0.5, 0.6) is 0 Å². The Labute approximate surface area is 97.9 Å². The van der Waals surface area contributed by atoms with Crippen molar-refractivity contribution in [1.82, 2.24) is 5.43 Å². The van der Waals surface area contributed by atoms with E-state index >= 15 is 0 Å². The molecule has 0 heterocycles. The van der Waals surface area contributed by atoms with Gasteiger partial charge in [-0.05, 0) is 62.7 Å². The maximum Gasteiger partial charge on any atom is 0.114 e. The number of nitrogens with two attached hydrogens (primary N) is 1. The van der Waals surface area contributed by atoms with Crippen molar-refractivity contribution in [1.29, 1.82) is 0 Å².